The summed E-state index contributed by atoms with van der Waals surface area (Å²) in [6.45, 7) is 3.75. The molecule has 0 aliphatic heterocycles. The fourth-order valence-electron chi connectivity index (χ4n) is 1.60. The molecule has 1 unspecified atom stereocenters. The van der Waals surface area contributed by atoms with E-state index in [2.05, 4.69) is 54.1 Å². The average Bonchev–Trinajstić information content (AvgIpc) is 2.38. The largest absolute Gasteiger partial charge is 0.368 e. The van der Waals surface area contributed by atoms with Gasteiger partial charge in [0.05, 0.1) is 0 Å². The molecule has 2 nitrogen and oxygen atoms in total. The van der Waals surface area contributed by atoms with Gasteiger partial charge in [0.15, 0.2) is 6.29 Å². The highest BCUT2D eigenvalue weighted by Crippen LogP contribution is 2.18. The van der Waals surface area contributed by atoms with Crippen molar-refractivity contribution in [1.29, 1.82) is 0 Å². The molecule has 0 aromatic heterocycles. The number of hydrogen-bond donors (Lipinski definition) is 1. The maximum Gasteiger partial charge on any atom is 0.151 e. The van der Waals surface area contributed by atoms with Crippen LogP contribution in [-0.4, -0.2) is 18.5 Å². The number of rotatable bonds is 2. The molecule has 0 aliphatic rings. The van der Waals surface area contributed by atoms with Crippen LogP contribution in [0.3, 0.4) is 0 Å². The monoisotopic (exact) mass is 232 g/mol. The molecule has 0 saturated carbocycles. The lowest BCUT2D eigenvalue weighted by Crippen LogP contribution is -1.99. The van der Waals surface area contributed by atoms with Gasteiger partial charge in [0.25, 0.3) is 0 Å². The Morgan fingerprint density at radius 2 is 1.71 bits per heavy atom. The molecule has 2 aromatic carbocycles. The quantitative estimate of drug-likeness (QED) is 0.804. The number of benzene rings is 2. The van der Waals surface area contributed by atoms with E-state index in [4.69, 9.17) is 5.11 Å². The van der Waals surface area contributed by atoms with E-state index in [1.54, 1.807) is 6.92 Å². The van der Waals surface area contributed by atoms with Gasteiger partial charge in [-0.1, -0.05) is 49.4 Å². The van der Waals surface area contributed by atoms with Crippen LogP contribution in [0.5, 0.6) is 0 Å². The number of aliphatic hydroxyl groups excluding tert-OH is 1. The summed E-state index contributed by atoms with van der Waals surface area (Å²) in [5.74, 6) is 0. The van der Waals surface area contributed by atoms with E-state index in [9.17, 15) is 0 Å². The van der Waals surface area contributed by atoms with E-state index in [0.29, 0.717) is 0 Å². The predicted octanol–water partition coefficient (Wildman–Crippen LogP) is 3.37. The summed E-state index contributed by atoms with van der Waals surface area (Å²) in [6, 6.07) is 15.0. The second kappa shape index (κ2) is 7.05. The number of aryl methyl sites for hydroxylation is 1. The van der Waals surface area contributed by atoms with Gasteiger partial charge in [-0.2, -0.15) is 0 Å². The van der Waals surface area contributed by atoms with Crippen LogP contribution in [0.1, 0.15) is 19.4 Å². The molecule has 2 heteroatoms. The Morgan fingerprint density at radius 3 is 2.29 bits per heavy atom. The first-order chi connectivity index (χ1) is 8.19. The van der Waals surface area contributed by atoms with Crippen LogP contribution in [0.4, 0.5) is 0 Å². The third-order valence-corrected chi connectivity index (χ3v) is 2.60. The van der Waals surface area contributed by atoms with E-state index in [0.717, 1.165) is 6.42 Å². The maximum absolute atomic E-state index is 8.14. The third kappa shape index (κ3) is 4.17. The normalized spacial score (nSPS) is 11.8. The maximum atomic E-state index is 8.14. The molecule has 0 saturated heterocycles. The molecule has 0 amide bonds. The van der Waals surface area contributed by atoms with Gasteiger partial charge in [-0.25, -0.2) is 0 Å². The van der Waals surface area contributed by atoms with Crippen LogP contribution in [-0.2, 0) is 11.2 Å². The van der Waals surface area contributed by atoms with Crippen LogP contribution >= 0.6 is 0 Å². The van der Waals surface area contributed by atoms with Gasteiger partial charge in [0.1, 0.15) is 0 Å². The summed E-state index contributed by atoms with van der Waals surface area (Å²) >= 11 is 0. The summed E-state index contributed by atoms with van der Waals surface area (Å²) < 4.78 is 4.31. The van der Waals surface area contributed by atoms with Crippen molar-refractivity contribution in [3.8, 4) is 0 Å². The fraction of sp³-hybridized carbons (Fsp3) is 0.333. The average molecular weight is 232 g/mol. The van der Waals surface area contributed by atoms with Crippen LogP contribution in [0.15, 0.2) is 42.5 Å². The number of methoxy groups -OCH3 is 1. The van der Waals surface area contributed by atoms with Gasteiger partial charge in [0.2, 0.25) is 0 Å². The minimum Gasteiger partial charge on any atom is -0.368 e. The minimum atomic E-state index is -0.616. The van der Waals surface area contributed by atoms with Crippen LogP contribution in [0, 0.1) is 0 Å². The van der Waals surface area contributed by atoms with Crippen LogP contribution in [0.25, 0.3) is 10.8 Å². The highest BCUT2D eigenvalue weighted by Gasteiger charge is 1.95. The van der Waals surface area contributed by atoms with Crippen molar-refractivity contribution in [3.63, 3.8) is 0 Å². The first-order valence-electron chi connectivity index (χ1n) is 5.86. The first kappa shape index (κ1) is 13.7. The zero-order valence-corrected chi connectivity index (χ0v) is 10.7. The van der Waals surface area contributed by atoms with E-state index in [1.165, 1.54) is 23.4 Å². The van der Waals surface area contributed by atoms with Crippen LogP contribution < -0.4 is 0 Å². The Morgan fingerprint density at radius 1 is 1.12 bits per heavy atom. The molecule has 0 bridgehead atoms. The van der Waals surface area contributed by atoms with Crippen molar-refractivity contribution < 1.29 is 9.84 Å². The Bertz CT molecular complexity index is 444. The molecule has 0 aliphatic carbocycles. The second-order valence-corrected chi connectivity index (χ2v) is 3.83. The van der Waals surface area contributed by atoms with Crippen molar-refractivity contribution in [2.75, 3.05) is 7.11 Å². The zero-order chi connectivity index (χ0) is 12.7. The molecule has 2 aromatic rings. The van der Waals surface area contributed by atoms with Crippen LogP contribution in [0.2, 0.25) is 0 Å². The minimum absolute atomic E-state index is 0.616. The SMILES string of the molecule is CCc1cccc2ccccc12.COC(C)O. The zero-order valence-electron chi connectivity index (χ0n) is 10.7. The van der Waals surface area contributed by atoms with E-state index < -0.39 is 6.29 Å². The predicted molar refractivity (Wildman–Crippen MR) is 72.0 cm³/mol. The highest BCUT2D eigenvalue weighted by molar-refractivity contribution is 5.85. The Hall–Kier alpha value is -1.38. The van der Waals surface area contributed by atoms with Crippen molar-refractivity contribution in [2.45, 2.75) is 26.6 Å². The first-order valence-corrected chi connectivity index (χ1v) is 5.86. The molecule has 1 N–H and O–H groups in total. The highest BCUT2D eigenvalue weighted by atomic mass is 16.6. The van der Waals surface area contributed by atoms with Gasteiger partial charge in [0, 0.05) is 7.11 Å². The summed E-state index contributed by atoms with van der Waals surface area (Å²) in [7, 11) is 1.45. The number of hydrogen-bond acceptors (Lipinski definition) is 2. The molecule has 17 heavy (non-hydrogen) atoms. The van der Waals surface area contributed by atoms with Gasteiger partial charge in [-0.05, 0) is 29.7 Å². The van der Waals surface area contributed by atoms with Crippen molar-refractivity contribution >= 4 is 10.8 Å². The Kier molecular flexibility index (Phi) is 5.67. The second-order valence-electron chi connectivity index (χ2n) is 3.83. The summed E-state index contributed by atoms with van der Waals surface area (Å²) in [5, 5.41) is 10.9. The van der Waals surface area contributed by atoms with E-state index in [-0.39, 0.29) is 0 Å². The van der Waals surface area contributed by atoms with Crippen molar-refractivity contribution in [1.82, 2.24) is 0 Å². The van der Waals surface area contributed by atoms with Crippen molar-refractivity contribution in [3.05, 3.63) is 48.0 Å². The summed E-state index contributed by atoms with van der Waals surface area (Å²) in [6.07, 6.45) is 0.497. The van der Waals surface area contributed by atoms with Crippen molar-refractivity contribution in [2.24, 2.45) is 0 Å². The lowest BCUT2D eigenvalue weighted by Gasteiger charge is -2.02. The smallest absolute Gasteiger partial charge is 0.151 e. The van der Waals surface area contributed by atoms with E-state index >= 15 is 0 Å². The standard InChI is InChI=1S/C12H12.C3H8O2/c1-2-10-7-5-8-11-6-3-4-9-12(10)11;1-3(4)5-2/h3-9H,2H2,1H3;3-4H,1-2H3. The van der Waals surface area contributed by atoms with Gasteiger partial charge in [-0.15, -0.1) is 0 Å². The summed E-state index contributed by atoms with van der Waals surface area (Å²) in [5.41, 5.74) is 1.44. The molecule has 1 atom stereocenters. The molecule has 0 heterocycles. The molecular weight excluding hydrogens is 212 g/mol. The lowest BCUT2D eigenvalue weighted by atomic mass is 10.0. The third-order valence-electron chi connectivity index (χ3n) is 2.60. The van der Waals surface area contributed by atoms with Gasteiger partial charge in [-0.3, -0.25) is 0 Å². The molecular formula is C15H20O2. The Balaban J connectivity index is 0.000000249. The Labute approximate surface area is 103 Å². The fourth-order valence-corrected chi connectivity index (χ4v) is 1.60. The lowest BCUT2D eigenvalue weighted by molar-refractivity contribution is -0.0583. The van der Waals surface area contributed by atoms with Gasteiger partial charge >= 0.3 is 0 Å². The molecule has 0 fully saturated rings. The number of ether oxygens (including phenoxy) is 1. The van der Waals surface area contributed by atoms with E-state index in [1.807, 2.05) is 0 Å². The molecule has 92 valence electrons. The number of fused-ring (bicyclic) bond motifs is 1. The number of aliphatic hydroxyl groups is 1. The topological polar surface area (TPSA) is 29.5 Å². The summed E-state index contributed by atoms with van der Waals surface area (Å²) in [4.78, 5) is 0. The molecule has 2 rings (SSSR count). The molecule has 0 spiro atoms. The molecule has 0 radical (unpaired) electrons. The van der Waals surface area contributed by atoms with Gasteiger partial charge < -0.3 is 9.84 Å².